The van der Waals surface area contributed by atoms with Crippen molar-refractivity contribution in [2.45, 2.75) is 64.7 Å². The van der Waals surface area contributed by atoms with Gasteiger partial charge in [-0.25, -0.2) is 0 Å². The van der Waals surface area contributed by atoms with Crippen molar-refractivity contribution in [3.63, 3.8) is 0 Å². The molecule has 4 nitrogen and oxygen atoms in total. The first-order valence-electron chi connectivity index (χ1n) is 9.36. The number of halogens is 1. The van der Waals surface area contributed by atoms with Crippen LogP contribution in [0.2, 0.25) is 5.02 Å². The van der Waals surface area contributed by atoms with Gasteiger partial charge < -0.3 is 10.1 Å². The topological polar surface area (TPSA) is 55.4 Å². The third kappa shape index (κ3) is 2.74. The van der Waals surface area contributed by atoms with Crippen molar-refractivity contribution >= 4 is 29.2 Å². The van der Waals surface area contributed by atoms with Crippen molar-refractivity contribution in [3.8, 4) is 0 Å². The lowest BCUT2D eigenvalue weighted by Gasteiger charge is -2.50. The summed E-state index contributed by atoms with van der Waals surface area (Å²) in [5.41, 5.74) is 1.80. The highest BCUT2D eigenvalue weighted by Crippen LogP contribution is 2.58. The van der Waals surface area contributed by atoms with E-state index in [0.717, 1.165) is 36.1 Å². The Morgan fingerprint density at radius 3 is 2.62 bits per heavy atom. The fraction of sp³-hybridized carbons (Fsp3) is 0.619. The SMILES string of the molecule is COC(=O)[C@]1(C)CCC[C@]2(C)c3ccc(C(C)C)c(Cl)c3NC(=O)C[C@@H]12. The van der Waals surface area contributed by atoms with E-state index in [4.69, 9.17) is 16.3 Å². The maximum absolute atomic E-state index is 12.8. The normalized spacial score (nSPS) is 30.9. The minimum Gasteiger partial charge on any atom is -0.469 e. The van der Waals surface area contributed by atoms with Crippen LogP contribution in [0.25, 0.3) is 0 Å². The molecular weight excluding hydrogens is 350 g/mol. The van der Waals surface area contributed by atoms with E-state index in [1.807, 2.05) is 6.92 Å². The van der Waals surface area contributed by atoms with Gasteiger partial charge in [-0.3, -0.25) is 9.59 Å². The summed E-state index contributed by atoms with van der Waals surface area (Å²) in [7, 11) is 1.43. The molecule has 142 valence electrons. The second-order valence-corrected chi connectivity index (χ2v) is 8.91. The largest absolute Gasteiger partial charge is 0.469 e. The van der Waals surface area contributed by atoms with E-state index in [1.54, 1.807) is 0 Å². The van der Waals surface area contributed by atoms with Gasteiger partial charge in [-0.2, -0.15) is 0 Å². The Bertz CT molecular complexity index is 760. The number of ether oxygens (including phenoxy) is 1. The first-order chi connectivity index (χ1) is 12.1. The third-order valence-corrected chi connectivity index (χ3v) is 7.05. The van der Waals surface area contributed by atoms with Gasteiger partial charge in [0.2, 0.25) is 5.91 Å². The standard InChI is InChI=1S/C21H28ClNO3/c1-12(2)13-7-8-14-18(17(13)22)23-16(24)11-15-20(14,3)9-6-10-21(15,4)19(25)26-5/h7-8,12,15H,6,9-11H2,1-5H3,(H,23,24)/t15-,20-,21-/m1/s1. The van der Waals surface area contributed by atoms with E-state index in [1.165, 1.54) is 7.11 Å². The first kappa shape index (κ1) is 19.2. The molecule has 1 heterocycles. The molecule has 1 fully saturated rings. The summed E-state index contributed by atoms with van der Waals surface area (Å²) < 4.78 is 5.13. The van der Waals surface area contributed by atoms with Crippen LogP contribution in [0.1, 0.15) is 70.4 Å². The number of benzene rings is 1. The van der Waals surface area contributed by atoms with Crippen LogP contribution in [-0.2, 0) is 19.7 Å². The van der Waals surface area contributed by atoms with Crippen molar-refractivity contribution in [1.82, 2.24) is 0 Å². The molecule has 3 rings (SSSR count). The van der Waals surface area contributed by atoms with E-state index >= 15 is 0 Å². The Balaban J connectivity index is 2.22. The molecule has 0 aromatic heterocycles. The number of carbonyl (C=O) groups is 2. The zero-order valence-electron chi connectivity index (χ0n) is 16.2. The molecule has 3 atom stereocenters. The van der Waals surface area contributed by atoms with Gasteiger partial charge in [-0.15, -0.1) is 0 Å². The van der Waals surface area contributed by atoms with Gasteiger partial charge in [0.15, 0.2) is 0 Å². The fourth-order valence-corrected chi connectivity index (χ4v) is 5.57. The molecule has 1 amide bonds. The summed E-state index contributed by atoms with van der Waals surface area (Å²) in [6.45, 7) is 8.29. The highest BCUT2D eigenvalue weighted by molar-refractivity contribution is 6.35. The van der Waals surface area contributed by atoms with Crippen molar-refractivity contribution in [1.29, 1.82) is 0 Å². The number of hydrogen-bond acceptors (Lipinski definition) is 3. The Hall–Kier alpha value is -1.55. The van der Waals surface area contributed by atoms with E-state index in [9.17, 15) is 9.59 Å². The van der Waals surface area contributed by atoms with Crippen LogP contribution in [0.15, 0.2) is 12.1 Å². The molecule has 1 aliphatic carbocycles. The molecule has 5 heteroatoms. The maximum atomic E-state index is 12.8. The van der Waals surface area contributed by atoms with Gasteiger partial charge in [-0.05, 0) is 48.1 Å². The van der Waals surface area contributed by atoms with Gasteiger partial charge >= 0.3 is 5.97 Å². The molecule has 0 spiro atoms. The van der Waals surface area contributed by atoms with Crippen LogP contribution < -0.4 is 5.32 Å². The minimum absolute atomic E-state index is 0.0835. The Morgan fingerprint density at radius 1 is 1.31 bits per heavy atom. The summed E-state index contributed by atoms with van der Waals surface area (Å²) in [4.78, 5) is 25.4. The van der Waals surface area contributed by atoms with Crippen LogP contribution in [0.3, 0.4) is 0 Å². The molecule has 2 aliphatic rings. The molecule has 1 aromatic rings. The number of rotatable bonds is 2. The van der Waals surface area contributed by atoms with Gasteiger partial charge in [0.1, 0.15) is 0 Å². The average Bonchev–Trinajstić information content (AvgIpc) is 2.70. The van der Waals surface area contributed by atoms with E-state index in [-0.39, 0.29) is 29.1 Å². The summed E-state index contributed by atoms with van der Waals surface area (Å²) in [6.07, 6.45) is 2.86. The smallest absolute Gasteiger partial charge is 0.311 e. The quantitative estimate of drug-likeness (QED) is 0.734. The summed E-state index contributed by atoms with van der Waals surface area (Å²) >= 11 is 6.71. The number of anilines is 1. The number of fused-ring (bicyclic) bond motifs is 3. The van der Waals surface area contributed by atoms with E-state index < -0.39 is 5.41 Å². The number of nitrogens with one attached hydrogen (secondary N) is 1. The number of hydrogen-bond donors (Lipinski definition) is 1. The van der Waals surface area contributed by atoms with Crippen molar-refractivity contribution < 1.29 is 14.3 Å². The predicted octanol–water partition coefficient (Wildman–Crippen LogP) is 5.04. The molecule has 0 radical (unpaired) electrons. The van der Waals surface area contributed by atoms with Crippen LogP contribution in [0.5, 0.6) is 0 Å². The zero-order chi connectivity index (χ0) is 19.3. The lowest BCUT2D eigenvalue weighted by Crippen LogP contribution is -2.50. The van der Waals surface area contributed by atoms with E-state index in [2.05, 4.69) is 38.2 Å². The number of carbonyl (C=O) groups excluding carboxylic acids is 2. The number of esters is 1. The second-order valence-electron chi connectivity index (χ2n) is 8.53. The van der Waals surface area contributed by atoms with Crippen LogP contribution in [-0.4, -0.2) is 19.0 Å². The van der Waals surface area contributed by atoms with Crippen molar-refractivity contribution in [3.05, 3.63) is 28.3 Å². The van der Waals surface area contributed by atoms with Crippen LogP contribution in [0, 0.1) is 11.3 Å². The third-order valence-electron chi connectivity index (χ3n) is 6.65. The summed E-state index contributed by atoms with van der Waals surface area (Å²) in [6, 6.07) is 4.16. The van der Waals surface area contributed by atoms with Crippen LogP contribution in [0.4, 0.5) is 5.69 Å². The lowest BCUT2D eigenvalue weighted by molar-refractivity contribution is -0.161. The number of amides is 1. The maximum Gasteiger partial charge on any atom is 0.311 e. The molecule has 0 bridgehead atoms. The molecule has 1 aromatic carbocycles. The summed E-state index contributed by atoms with van der Waals surface area (Å²) in [5.74, 6) is -0.170. The highest BCUT2D eigenvalue weighted by atomic mass is 35.5. The monoisotopic (exact) mass is 377 g/mol. The highest BCUT2D eigenvalue weighted by Gasteiger charge is 2.56. The molecule has 26 heavy (non-hydrogen) atoms. The van der Waals surface area contributed by atoms with Gasteiger partial charge in [0, 0.05) is 6.42 Å². The van der Waals surface area contributed by atoms with Gasteiger partial charge in [-0.1, -0.05) is 50.9 Å². The summed E-state index contributed by atoms with van der Waals surface area (Å²) in [5, 5.41) is 3.66. The van der Waals surface area contributed by atoms with Crippen LogP contribution >= 0.6 is 11.6 Å². The molecule has 1 saturated carbocycles. The Morgan fingerprint density at radius 2 is 2.00 bits per heavy atom. The Labute approximate surface area is 160 Å². The van der Waals surface area contributed by atoms with Crippen molar-refractivity contribution in [2.75, 3.05) is 12.4 Å². The average molecular weight is 378 g/mol. The Kier molecular flexibility index (Phi) is 4.85. The molecule has 0 unspecified atom stereocenters. The van der Waals surface area contributed by atoms with Gasteiger partial charge in [0.05, 0.1) is 23.2 Å². The minimum atomic E-state index is -0.677. The first-order valence-corrected chi connectivity index (χ1v) is 9.74. The van der Waals surface area contributed by atoms with Gasteiger partial charge in [0.25, 0.3) is 0 Å². The van der Waals surface area contributed by atoms with Crippen molar-refractivity contribution in [2.24, 2.45) is 11.3 Å². The zero-order valence-corrected chi connectivity index (χ0v) is 17.0. The molecule has 1 aliphatic heterocycles. The number of methoxy groups -OCH3 is 1. The fourth-order valence-electron chi connectivity index (χ4n) is 5.14. The lowest BCUT2D eigenvalue weighted by atomic mass is 9.53. The second kappa shape index (κ2) is 6.56. The molecule has 1 N–H and O–H groups in total. The predicted molar refractivity (Wildman–Crippen MR) is 104 cm³/mol. The molecular formula is C21H28ClNO3. The molecule has 0 saturated heterocycles. The van der Waals surface area contributed by atoms with E-state index in [0.29, 0.717) is 11.4 Å².